The molecule has 1 amide bonds. The Kier molecular flexibility index (Phi) is 5.58. The summed E-state index contributed by atoms with van der Waals surface area (Å²) in [4.78, 5) is 17.3. The maximum absolute atomic E-state index is 12.7. The number of aromatic nitrogens is 1. The van der Waals surface area contributed by atoms with Gasteiger partial charge in [0.25, 0.3) is 5.91 Å². The molecule has 1 aromatic heterocycles. The quantitative estimate of drug-likeness (QED) is 0.613. The van der Waals surface area contributed by atoms with Gasteiger partial charge >= 0.3 is 0 Å². The summed E-state index contributed by atoms with van der Waals surface area (Å²) in [7, 11) is -3.45. The molecule has 0 aliphatic carbocycles. The van der Waals surface area contributed by atoms with Crippen LogP contribution < -0.4 is 14.8 Å². The zero-order valence-electron chi connectivity index (χ0n) is 17.1. The number of sulfonamides is 1. The van der Waals surface area contributed by atoms with Gasteiger partial charge in [-0.1, -0.05) is 24.3 Å². The van der Waals surface area contributed by atoms with Crippen LogP contribution in [-0.2, 0) is 14.8 Å². The molecule has 2 aliphatic rings. The lowest BCUT2D eigenvalue weighted by molar-refractivity contribution is -0.125. The van der Waals surface area contributed by atoms with Gasteiger partial charge in [0.2, 0.25) is 16.1 Å². The van der Waals surface area contributed by atoms with Gasteiger partial charge in [-0.15, -0.1) is 11.3 Å². The predicted molar refractivity (Wildman–Crippen MR) is 121 cm³/mol. The molecule has 32 heavy (non-hydrogen) atoms. The van der Waals surface area contributed by atoms with Crippen molar-refractivity contribution in [3.8, 4) is 22.8 Å². The summed E-state index contributed by atoms with van der Waals surface area (Å²) >= 11 is 1.29. The molecule has 0 spiro atoms. The van der Waals surface area contributed by atoms with E-state index in [4.69, 9.17) is 9.47 Å². The molecule has 10 heteroatoms. The van der Waals surface area contributed by atoms with Gasteiger partial charge in [-0.2, -0.15) is 4.31 Å². The largest absolute Gasteiger partial charge is 0.485 e. The first kappa shape index (κ1) is 20.9. The number of carbonyl (C=O) groups excluding carboxylic acids is 1. The maximum atomic E-state index is 12.7. The van der Waals surface area contributed by atoms with Crippen LogP contribution in [0.2, 0.25) is 0 Å². The molecule has 1 atom stereocenters. The molecule has 5 rings (SSSR count). The van der Waals surface area contributed by atoms with Crippen LogP contribution in [0.1, 0.15) is 12.8 Å². The third-order valence-corrected chi connectivity index (χ3v) is 8.06. The van der Waals surface area contributed by atoms with E-state index in [9.17, 15) is 13.2 Å². The van der Waals surface area contributed by atoms with Gasteiger partial charge in [-0.05, 0) is 37.1 Å². The third kappa shape index (κ3) is 4.08. The van der Waals surface area contributed by atoms with Gasteiger partial charge in [0.1, 0.15) is 6.61 Å². The number of thiazole rings is 1. The number of hydrogen-bond acceptors (Lipinski definition) is 7. The highest BCUT2D eigenvalue weighted by Gasteiger charge is 2.29. The monoisotopic (exact) mass is 471 g/mol. The number of carbonyl (C=O) groups is 1. The Labute approximate surface area is 189 Å². The maximum Gasteiger partial charge on any atom is 0.270 e. The summed E-state index contributed by atoms with van der Waals surface area (Å²) in [5, 5.41) is 5.01. The Balaban J connectivity index is 1.25. The van der Waals surface area contributed by atoms with Gasteiger partial charge in [0, 0.05) is 24.0 Å². The van der Waals surface area contributed by atoms with Crippen molar-refractivity contribution in [2.45, 2.75) is 23.8 Å². The molecule has 8 nitrogen and oxygen atoms in total. The summed E-state index contributed by atoms with van der Waals surface area (Å²) in [6.07, 6.45) is 1.02. The highest BCUT2D eigenvalue weighted by molar-refractivity contribution is 7.89. The van der Waals surface area contributed by atoms with E-state index in [2.05, 4.69) is 10.3 Å². The van der Waals surface area contributed by atoms with Crippen LogP contribution in [-0.4, -0.2) is 49.4 Å². The fourth-order valence-electron chi connectivity index (χ4n) is 3.67. The molecule has 1 fully saturated rings. The second-order valence-electron chi connectivity index (χ2n) is 7.53. The topological polar surface area (TPSA) is 97.8 Å². The van der Waals surface area contributed by atoms with E-state index in [-0.39, 0.29) is 17.4 Å². The Morgan fingerprint density at radius 1 is 1.06 bits per heavy atom. The average molecular weight is 472 g/mol. The second kappa shape index (κ2) is 8.53. The smallest absolute Gasteiger partial charge is 0.270 e. The number of hydrogen-bond donors (Lipinski definition) is 1. The fourth-order valence-corrected chi connectivity index (χ4v) is 5.91. The van der Waals surface area contributed by atoms with Crippen molar-refractivity contribution in [2.75, 3.05) is 25.0 Å². The number of para-hydroxylation sites is 2. The normalized spacial score (nSPS) is 18.4. The molecule has 0 radical (unpaired) electrons. The van der Waals surface area contributed by atoms with E-state index in [1.54, 1.807) is 36.4 Å². The molecule has 0 bridgehead atoms. The molecule has 2 aliphatic heterocycles. The molecule has 3 aromatic rings. The van der Waals surface area contributed by atoms with Crippen LogP contribution in [0.5, 0.6) is 11.5 Å². The lowest BCUT2D eigenvalue weighted by Gasteiger charge is -2.25. The third-order valence-electron chi connectivity index (χ3n) is 5.39. The van der Waals surface area contributed by atoms with Crippen molar-refractivity contribution in [1.29, 1.82) is 0 Å². The van der Waals surface area contributed by atoms with Gasteiger partial charge in [0.15, 0.2) is 16.6 Å². The van der Waals surface area contributed by atoms with E-state index in [0.717, 1.165) is 18.4 Å². The van der Waals surface area contributed by atoms with Crippen molar-refractivity contribution in [3.05, 3.63) is 53.9 Å². The predicted octanol–water partition coefficient (Wildman–Crippen LogP) is 3.37. The number of rotatable bonds is 5. The first-order valence-electron chi connectivity index (χ1n) is 10.3. The van der Waals surface area contributed by atoms with Crippen LogP contribution in [0.15, 0.2) is 58.8 Å². The fraction of sp³-hybridized carbons (Fsp3) is 0.273. The zero-order chi connectivity index (χ0) is 22.1. The molecule has 166 valence electrons. The highest BCUT2D eigenvalue weighted by Crippen LogP contribution is 2.32. The molecule has 1 saturated heterocycles. The van der Waals surface area contributed by atoms with Crippen molar-refractivity contribution in [1.82, 2.24) is 9.29 Å². The standard InChI is InChI=1S/C22H21N3O5S2/c26-21(20-13-29-18-5-1-2-6-19(18)30-20)24-22-23-17(14-31-22)15-7-9-16(10-8-15)32(27,28)25-11-3-4-12-25/h1-2,5-10,14,20H,3-4,11-13H2,(H,23,24,26)/t20-/m0/s1. The summed E-state index contributed by atoms with van der Waals surface area (Å²) in [5.41, 5.74) is 1.43. The Morgan fingerprint density at radius 2 is 1.78 bits per heavy atom. The minimum absolute atomic E-state index is 0.119. The minimum atomic E-state index is -3.45. The summed E-state index contributed by atoms with van der Waals surface area (Å²) in [6, 6.07) is 13.9. The lowest BCUT2D eigenvalue weighted by Crippen LogP contribution is -2.40. The van der Waals surface area contributed by atoms with Crippen molar-refractivity contribution >= 4 is 32.4 Å². The number of anilines is 1. The van der Waals surface area contributed by atoms with E-state index in [0.29, 0.717) is 35.4 Å². The van der Waals surface area contributed by atoms with Crippen LogP contribution in [0.4, 0.5) is 5.13 Å². The van der Waals surface area contributed by atoms with E-state index in [1.807, 2.05) is 17.5 Å². The molecule has 0 saturated carbocycles. The van der Waals surface area contributed by atoms with Crippen LogP contribution in [0, 0.1) is 0 Å². The number of benzene rings is 2. The first-order valence-corrected chi connectivity index (χ1v) is 12.6. The number of nitrogens with one attached hydrogen (secondary N) is 1. The SMILES string of the molecule is O=C(Nc1nc(-c2ccc(S(=O)(=O)N3CCCC3)cc2)cs1)[C@@H]1COc2ccccc2O1. The van der Waals surface area contributed by atoms with Crippen molar-refractivity contribution < 1.29 is 22.7 Å². The summed E-state index contributed by atoms with van der Waals surface area (Å²) in [5.74, 6) is 0.804. The Hall–Kier alpha value is -2.95. The van der Waals surface area contributed by atoms with Crippen molar-refractivity contribution in [3.63, 3.8) is 0 Å². The molecular weight excluding hydrogens is 450 g/mol. The molecule has 0 unspecified atom stereocenters. The van der Waals surface area contributed by atoms with E-state index in [1.165, 1.54) is 15.6 Å². The highest BCUT2D eigenvalue weighted by atomic mass is 32.2. The lowest BCUT2D eigenvalue weighted by atomic mass is 10.2. The number of nitrogens with zero attached hydrogens (tertiary/aromatic N) is 2. The number of fused-ring (bicyclic) bond motifs is 1. The number of amides is 1. The minimum Gasteiger partial charge on any atom is -0.485 e. The molecule has 2 aromatic carbocycles. The van der Waals surface area contributed by atoms with Crippen LogP contribution >= 0.6 is 11.3 Å². The van der Waals surface area contributed by atoms with Gasteiger partial charge in [-0.25, -0.2) is 13.4 Å². The van der Waals surface area contributed by atoms with E-state index < -0.39 is 16.1 Å². The second-order valence-corrected chi connectivity index (χ2v) is 10.3. The number of ether oxygens (including phenoxy) is 2. The van der Waals surface area contributed by atoms with Crippen LogP contribution in [0.25, 0.3) is 11.3 Å². The van der Waals surface area contributed by atoms with Gasteiger partial charge in [-0.3, -0.25) is 10.1 Å². The average Bonchev–Trinajstić information content (AvgIpc) is 3.52. The van der Waals surface area contributed by atoms with Gasteiger partial charge < -0.3 is 9.47 Å². The molecular formula is C22H21N3O5S2. The molecule has 1 N–H and O–H groups in total. The van der Waals surface area contributed by atoms with Crippen molar-refractivity contribution in [2.24, 2.45) is 0 Å². The van der Waals surface area contributed by atoms with Gasteiger partial charge in [0.05, 0.1) is 10.6 Å². The van der Waals surface area contributed by atoms with E-state index >= 15 is 0 Å². The molecule has 3 heterocycles. The Morgan fingerprint density at radius 3 is 2.53 bits per heavy atom. The first-order chi connectivity index (χ1) is 15.5. The summed E-state index contributed by atoms with van der Waals surface area (Å²) in [6.45, 7) is 1.26. The Bertz CT molecular complexity index is 1230. The van der Waals surface area contributed by atoms with Crippen LogP contribution in [0.3, 0.4) is 0 Å². The summed E-state index contributed by atoms with van der Waals surface area (Å²) < 4.78 is 38.2. The zero-order valence-corrected chi connectivity index (χ0v) is 18.7.